The SMILES string of the molecule is C=C1C(c2ccccc2)=[N+](C)CC(C(=O)c2ccccc2)C1c1ccccc1.[O-][Cl+3]([O-])([O-])[O-]. The van der Waals surface area contributed by atoms with Crippen LogP contribution in [0.4, 0.5) is 0 Å². The Balaban J connectivity index is 0.000000555. The molecule has 4 rings (SSSR count). The van der Waals surface area contributed by atoms with Crippen molar-refractivity contribution in [1.29, 1.82) is 0 Å². The van der Waals surface area contributed by atoms with Crippen LogP contribution in [0.15, 0.2) is 103 Å². The maximum Gasteiger partial charge on any atom is 0.210 e. The first-order valence-corrected chi connectivity index (χ1v) is 11.5. The number of ketones is 1. The molecule has 7 heteroatoms. The summed E-state index contributed by atoms with van der Waals surface area (Å²) in [5.41, 5.74) is 5.16. The number of hydrogen-bond acceptors (Lipinski definition) is 5. The molecule has 0 bridgehead atoms. The highest BCUT2D eigenvalue weighted by Crippen LogP contribution is 2.38. The molecule has 0 N–H and O–H groups in total. The summed E-state index contributed by atoms with van der Waals surface area (Å²) in [5, 5.41) is 0. The largest absolute Gasteiger partial charge is 0.294 e. The lowest BCUT2D eigenvalue weighted by molar-refractivity contribution is -2.00. The van der Waals surface area contributed by atoms with Crippen molar-refractivity contribution in [3.05, 3.63) is 120 Å². The van der Waals surface area contributed by atoms with Crippen molar-refractivity contribution in [2.45, 2.75) is 5.92 Å². The molecule has 0 fully saturated rings. The zero-order valence-electron chi connectivity index (χ0n) is 18.1. The van der Waals surface area contributed by atoms with E-state index in [4.69, 9.17) is 18.6 Å². The Morgan fingerprint density at radius 2 is 1.30 bits per heavy atom. The minimum absolute atomic E-state index is 0.0414. The molecule has 0 aromatic heterocycles. The maximum atomic E-state index is 13.4. The van der Waals surface area contributed by atoms with Crippen LogP contribution >= 0.6 is 0 Å². The minimum Gasteiger partial charge on any atom is -0.294 e. The predicted molar refractivity (Wildman–Crippen MR) is 114 cm³/mol. The third-order valence-corrected chi connectivity index (χ3v) is 5.54. The summed E-state index contributed by atoms with van der Waals surface area (Å²) in [6, 6.07) is 30.2. The number of benzene rings is 3. The first kappa shape index (κ1) is 24.5. The summed E-state index contributed by atoms with van der Waals surface area (Å²) in [4.78, 5) is 13.4. The van der Waals surface area contributed by atoms with E-state index in [1.165, 1.54) is 0 Å². The number of hydrogen-bond donors (Lipinski definition) is 0. The van der Waals surface area contributed by atoms with E-state index in [2.05, 4.69) is 42.5 Å². The summed E-state index contributed by atoms with van der Waals surface area (Å²) >= 11 is 0. The number of rotatable bonds is 4. The Morgan fingerprint density at radius 3 is 1.82 bits per heavy atom. The highest BCUT2D eigenvalue weighted by Gasteiger charge is 2.42. The lowest BCUT2D eigenvalue weighted by Crippen LogP contribution is -2.68. The molecule has 0 radical (unpaired) electrons. The van der Waals surface area contributed by atoms with Crippen molar-refractivity contribution >= 4 is 11.5 Å². The van der Waals surface area contributed by atoms with Crippen LogP contribution in [0.2, 0.25) is 0 Å². The highest BCUT2D eigenvalue weighted by atomic mass is 35.7. The smallest absolute Gasteiger partial charge is 0.210 e. The van der Waals surface area contributed by atoms with E-state index < -0.39 is 10.2 Å². The van der Waals surface area contributed by atoms with Gasteiger partial charge in [0.05, 0.1) is 5.92 Å². The van der Waals surface area contributed by atoms with Crippen LogP contribution in [0.1, 0.15) is 27.4 Å². The van der Waals surface area contributed by atoms with Gasteiger partial charge < -0.3 is 0 Å². The van der Waals surface area contributed by atoms with Crippen molar-refractivity contribution < 1.29 is 38.2 Å². The van der Waals surface area contributed by atoms with Crippen LogP contribution in [-0.2, 0) is 0 Å². The molecule has 2 unspecified atom stereocenters. The molecule has 1 aliphatic rings. The van der Waals surface area contributed by atoms with Gasteiger partial charge in [-0.25, -0.2) is 23.2 Å². The Hall–Kier alpha value is -3.13. The Labute approximate surface area is 195 Å². The van der Waals surface area contributed by atoms with Crippen molar-refractivity contribution in [2.24, 2.45) is 5.92 Å². The number of nitrogens with zero attached hydrogens (tertiary/aromatic N) is 1. The van der Waals surface area contributed by atoms with Gasteiger partial charge in [-0.15, -0.1) is 10.2 Å². The van der Waals surface area contributed by atoms with Gasteiger partial charge in [0.2, 0.25) is 5.71 Å². The van der Waals surface area contributed by atoms with Gasteiger partial charge >= 0.3 is 0 Å². The average Bonchev–Trinajstić information content (AvgIpc) is 2.79. The molecule has 1 aliphatic heterocycles. The highest BCUT2D eigenvalue weighted by molar-refractivity contribution is 6.11. The van der Waals surface area contributed by atoms with Gasteiger partial charge in [0.25, 0.3) is 0 Å². The Bertz CT molecular complexity index is 1120. The summed E-state index contributed by atoms with van der Waals surface area (Å²) in [5.74, 6) is -0.0374. The number of carbonyl (C=O) groups is 1. The van der Waals surface area contributed by atoms with E-state index in [0.29, 0.717) is 6.54 Å². The monoisotopic (exact) mass is 465 g/mol. The lowest BCUT2D eigenvalue weighted by Gasteiger charge is -2.31. The van der Waals surface area contributed by atoms with Crippen molar-refractivity contribution in [1.82, 2.24) is 0 Å². The van der Waals surface area contributed by atoms with Crippen LogP contribution in [0.5, 0.6) is 0 Å². The molecule has 0 amide bonds. The van der Waals surface area contributed by atoms with Gasteiger partial charge in [0, 0.05) is 22.6 Å². The molecule has 33 heavy (non-hydrogen) atoms. The number of allylic oxidation sites excluding steroid dienone is 1. The molecule has 1 heterocycles. The van der Waals surface area contributed by atoms with Crippen LogP contribution in [0.25, 0.3) is 0 Å². The summed E-state index contributed by atoms with van der Waals surface area (Å²) in [6.07, 6.45) is 0. The first-order valence-electron chi connectivity index (χ1n) is 10.3. The van der Waals surface area contributed by atoms with Gasteiger partial charge in [-0.2, -0.15) is 0 Å². The number of halogens is 1. The van der Waals surface area contributed by atoms with Crippen LogP contribution in [0.3, 0.4) is 0 Å². The topological polar surface area (TPSA) is 112 Å². The average molecular weight is 466 g/mol. The van der Waals surface area contributed by atoms with Crippen LogP contribution in [0, 0.1) is 16.2 Å². The maximum absolute atomic E-state index is 13.4. The molecule has 0 saturated carbocycles. The Kier molecular flexibility index (Phi) is 7.92. The van der Waals surface area contributed by atoms with Crippen LogP contribution < -0.4 is 18.6 Å². The summed E-state index contributed by atoms with van der Waals surface area (Å²) < 4.78 is 36.2. The predicted octanol–water partition coefficient (Wildman–Crippen LogP) is 0.215. The summed E-state index contributed by atoms with van der Waals surface area (Å²) in [6.45, 7) is 5.14. The molecule has 0 aliphatic carbocycles. The zero-order valence-corrected chi connectivity index (χ0v) is 18.9. The third-order valence-electron chi connectivity index (χ3n) is 5.54. The van der Waals surface area contributed by atoms with E-state index in [1.807, 2.05) is 66.7 Å². The van der Waals surface area contributed by atoms with E-state index >= 15 is 0 Å². The van der Waals surface area contributed by atoms with E-state index in [-0.39, 0.29) is 17.6 Å². The zero-order chi connectivity index (χ0) is 24.0. The molecule has 3 aromatic rings. The number of carbonyl (C=O) groups excluding carboxylic acids is 1. The second-order valence-corrected chi connectivity index (χ2v) is 8.48. The fourth-order valence-electron chi connectivity index (χ4n) is 4.27. The van der Waals surface area contributed by atoms with E-state index in [9.17, 15) is 4.79 Å². The molecular weight excluding hydrogens is 442 g/mol. The van der Waals surface area contributed by atoms with Gasteiger partial charge in [0.15, 0.2) is 12.3 Å². The molecule has 2 atom stereocenters. The Morgan fingerprint density at radius 1 is 0.848 bits per heavy atom. The lowest BCUT2D eigenvalue weighted by atomic mass is 9.73. The van der Waals surface area contributed by atoms with Gasteiger partial charge in [-0.05, 0) is 17.7 Å². The standard InChI is InChI=1S/C26H24NO.ClHO4/c1-19-24(20-12-6-3-7-13-20)23(26(28)22-16-10-5-11-17-22)18-27(2)25(19)21-14-8-4-9-15-21;2-1(3,4)5/h3-17,23-24H,1,18H2,2H3;(H,2,3,4,5)/q+1;/p-1. The van der Waals surface area contributed by atoms with E-state index in [0.717, 1.165) is 28.0 Å². The third kappa shape index (κ3) is 6.44. The summed E-state index contributed by atoms with van der Waals surface area (Å²) in [7, 11) is -2.89. The van der Waals surface area contributed by atoms with Gasteiger partial charge in [0.1, 0.15) is 7.05 Å². The van der Waals surface area contributed by atoms with Gasteiger partial charge in [-0.3, -0.25) is 4.79 Å². The van der Waals surface area contributed by atoms with Crippen molar-refractivity contribution in [3.8, 4) is 0 Å². The molecular formula is C26H24ClNO5. The fourth-order valence-corrected chi connectivity index (χ4v) is 4.27. The van der Waals surface area contributed by atoms with E-state index in [1.54, 1.807) is 0 Å². The normalized spacial score (nSPS) is 18.4. The second kappa shape index (κ2) is 10.7. The van der Waals surface area contributed by atoms with Gasteiger partial charge in [-0.1, -0.05) is 85.4 Å². The number of Topliss-reactive ketones (excluding diaryl/α,β-unsaturated/α-hetero) is 1. The van der Waals surface area contributed by atoms with Crippen molar-refractivity contribution in [3.63, 3.8) is 0 Å². The molecule has 0 saturated heterocycles. The quantitative estimate of drug-likeness (QED) is 0.404. The van der Waals surface area contributed by atoms with Crippen LogP contribution in [-0.4, -0.2) is 29.7 Å². The molecule has 6 nitrogen and oxygen atoms in total. The minimum atomic E-state index is -4.94. The first-order chi connectivity index (χ1) is 15.7. The molecule has 170 valence electrons. The van der Waals surface area contributed by atoms with Crippen molar-refractivity contribution in [2.75, 3.05) is 13.6 Å². The second-order valence-electron chi connectivity index (χ2n) is 7.72. The molecule has 0 spiro atoms. The fraction of sp³-hybridized carbons (Fsp3) is 0.154. The molecule has 3 aromatic carbocycles.